The molecule has 0 spiro atoms. The minimum atomic E-state index is 0.644. The van der Waals surface area contributed by atoms with Gasteiger partial charge in [-0.2, -0.15) is 9.61 Å². The molecule has 0 bridgehead atoms. The summed E-state index contributed by atoms with van der Waals surface area (Å²) in [6, 6.07) is 10.4. The first kappa shape index (κ1) is 13.7. The zero-order chi connectivity index (χ0) is 14.8. The summed E-state index contributed by atoms with van der Waals surface area (Å²) in [5.74, 6) is 0.864. The summed E-state index contributed by atoms with van der Waals surface area (Å²) in [4.78, 5) is 0. The second kappa shape index (κ2) is 5.61. The molecule has 0 fully saturated rings. The normalized spacial score (nSPS) is 11.2. The van der Waals surface area contributed by atoms with Crippen LogP contribution < -0.4 is 5.73 Å². The minimum absolute atomic E-state index is 0.644. The highest BCUT2D eigenvalue weighted by atomic mass is 15.4. The van der Waals surface area contributed by atoms with Crippen molar-refractivity contribution in [1.82, 2.24) is 19.8 Å². The summed E-state index contributed by atoms with van der Waals surface area (Å²) in [7, 11) is 0. The average molecular weight is 281 g/mol. The first-order chi connectivity index (χ1) is 10.2. The molecular weight excluding hydrogens is 262 g/mol. The highest BCUT2D eigenvalue weighted by molar-refractivity contribution is 5.65. The van der Waals surface area contributed by atoms with Crippen molar-refractivity contribution in [2.24, 2.45) is 5.73 Å². The molecule has 5 heteroatoms. The molecule has 0 saturated heterocycles. The summed E-state index contributed by atoms with van der Waals surface area (Å²) >= 11 is 0. The van der Waals surface area contributed by atoms with E-state index in [4.69, 9.17) is 10.8 Å². The molecule has 0 saturated carbocycles. The van der Waals surface area contributed by atoms with E-state index in [0.29, 0.717) is 6.54 Å². The van der Waals surface area contributed by atoms with Crippen LogP contribution >= 0.6 is 0 Å². The minimum Gasteiger partial charge on any atom is -0.330 e. The predicted octanol–water partition coefficient (Wildman–Crippen LogP) is 2.30. The number of aromatic nitrogens is 4. The van der Waals surface area contributed by atoms with Gasteiger partial charge in [0.1, 0.15) is 0 Å². The van der Waals surface area contributed by atoms with E-state index in [-0.39, 0.29) is 0 Å². The van der Waals surface area contributed by atoms with Crippen LogP contribution in [0.5, 0.6) is 0 Å². The quantitative estimate of drug-likeness (QED) is 0.796. The molecule has 0 aliphatic rings. The molecular formula is C16H19N5. The topological polar surface area (TPSA) is 69.1 Å². The Morgan fingerprint density at radius 2 is 1.95 bits per heavy atom. The first-order valence-electron chi connectivity index (χ1n) is 7.18. The van der Waals surface area contributed by atoms with Gasteiger partial charge in [-0.1, -0.05) is 17.7 Å². The van der Waals surface area contributed by atoms with Gasteiger partial charge in [0.2, 0.25) is 0 Å². The maximum Gasteiger partial charge on any atom is 0.177 e. The van der Waals surface area contributed by atoms with Crippen molar-refractivity contribution in [1.29, 1.82) is 0 Å². The van der Waals surface area contributed by atoms with Gasteiger partial charge >= 0.3 is 0 Å². The van der Waals surface area contributed by atoms with E-state index >= 15 is 0 Å². The summed E-state index contributed by atoms with van der Waals surface area (Å²) in [5.41, 5.74) is 10.9. The van der Waals surface area contributed by atoms with Crippen LogP contribution in [-0.2, 0) is 6.42 Å². The van der Waals surface area contributed by atoms with Crippen LogP contribution in [0.2, 0.25) is 0 Å². The van der Waals surface area contributed by atoms with Gasteiger partial charge in [-0.05, 0) is 50.6 Å². The molecule has 2 N–H and O–H groups in total. The van der Waals surface area contributed by atoms with E-state index in [0.717, 1.165) is 35.6 Å². The van der Waals surface area contributed by atoms with Gasteiger partial charge in [-0.25, -0.2) is 0 Å². The molecule has 2 aromatic heterocycles. The summed E-state index contributed by atoms with van der Waals surface area (Å²) < 4.78 is 1.83. The molecule has 0 aliphatic carbocycles. The molecule has 2 heterocycles. The molecule has 3 rings (SSSR count). The van der Waals surface area contributed by atoms with Gasteiger partial charge < -0.3 is 5.73 Å². The third kappa shape index (κ3) is 2.64. The number of hydrogen-bond donors (Lipinski definition) is 1. The molecule has 108 valence electrons. The Kier molecular flexibility index (Phi) is 3.66. The fourth-order valence-electron chi connectivity index (χ4n) is 2.40. The fourth-order valence-corrected chi connectivity index (χ4v) is 2.40. The van der Waals surface area contributed by atoms with Crippen LogP contribution in [0.3, 0.4) is 0 Å². The lowest BCUT2D eigenvalue weighted by Gasteiger charge is -2.07. The van der Waals surface area contributed by atoms with Crippen molar-refractivity contribution >= 4 is 5.65 Å². The van der Waals surface area contributed by atoms with E-state index in [1.807, 2.05) is 16.6 Å². The molecule has 0 aliphatic heterocycles. The van der Waals surface area contributed by atoms with Crippen LogP contribution in [0.1, 0.15) is 23.4 Å². The SMILES string of the molecule is Cc1ccc(C)c(-c2ccc3nnc(CCCN)n3n2)c1. The van der Waals surface area contributed by atoms with Crippen molar-refractivity contribution in [2.75, 3.05) is 6.54 Å². The standard InChI is InChI=1S/C16H19N5/c1-11-5-6-12(2)13(10-11)14-7-8-16-19-18-15(4-3-9-17)21(16)20-14/h5-8,10H,3-4,9,17H2,1-2H3. The average Bonchev–Trinajstić information content (AvgIpc) is 2.90. The molecule has 5 nitrogen and oxygen atoms in total. The van der Waals surface area contributed by atoms with Gasteiger partial charge in [0.15, 0.2) is 11.5 Å². The third-order valence-electron chi connectivity index (χ3n) is 3.60. The first-order valence-corrected chi connectivity index (χ1v) is 7.18. The smallest absolute Gasteiger partial charge is 0.177 e. The maximum absolute atomic E-state index is 5.57. The Morgan fingerprint density at radius 3 is 2.76 bits per heavy atom. The number of nitrogens with zero attached hydrogens (tertiary/aromatic N) is 4. The number of rotatable bonds is 4. The largest absolute Gasteiger partial charge is 0.330 e. The fraction of sp³-hybridized carbons (Fsp3) is 0.312. The van der Waals surface area contributed by atoms with E-state index in [9.17, 15) is 0 Å². The summed E-state index contributed by atoms with van der Waals surface area (Å²) in [5, 5.41) is 13.1. The molecule has 21 heavy (non-hydrogen) atoms. The van der Waals surface area contributed by atoms with Crippen molar-refractivity contribution < 1.29 is 0 Å². The lowest BCUT2D eigenvalue weighted by atomic mass is 10.0. The van der Waals surface area contributed by atoms with Crippen LogP contribution in [0.25, 0.3) is 16.9 Å². The molecule has 0 radical (unpaired) electrons. The monoisotopic (exact) mass is 281 g/mol. The second-order valence-corrected chi connectivity index (χ2v) is 5.32. The highest BCUT2D eigenvalue weighted by Gasteiger charge is 2.10. The van der Waals surface area contributed by atoms with Crippen molar-refractivity contribution in [3.8, 4) is 11.3 Å². The summed E-state index contributed by atoms with van der Waals surface area (Å²) in [6.45, 7) is 4.83. The van der Waals surface area contributed by atoms with Crippen LogP contribution in [0, 0.1) is 13.8 Å². The van der Waals surface area contributed by atoms with Gasteiger partial charge in [0.05, 0.1) is 5.69 Å². The number of fused-ring (bicyclic) bond motifs is 1. The third-order valence-corrected chi connectivity index (χ3v) is 3.60. The Balaban J connectivity index is 2.09. The second-order valence-electron chi connectivity index (χ2n) is 5.32. The number of aryl methyl sites for hydroxylation is 3. The Morgan fingerprint density at radius 1 is 1.10 bits per heavy atom. The van der Waals surface area contributed by atoms with E-state index in [1.165, 1.54) is 11.1 Å². The molecule has 0 amide bonds. The van der Waals surface area contributed by atoms with Crippen LogP contribution in [-0.4, -0.2) is 26.4 Å². The van der Waals surface area contributed by atoms with Crippen LogP contribution in [0.4, 0.5) is 0 Å². The van der Waals surface area contributed by atoms with Crippen molar-refractivity contribution in [3.05, 3.63) is 47.3 Å². The predicted molar refractivity (Wildman–Crippen MR) is 83.1 cm³/mol. The van der Waals surface area contributed by atoms with Gasteiger partial charge in [-0.15, -0.1) is 10.2 Å². The number of nitrogens with two attached hydrogens (primary N) is 1. The Labute approximate surface area is 123 Å². The lowest BCUT2D eigenvalue weighted by molar-refractivity contribution is 0.740. The molecule has 3 aromatic rings. The molecule has 0 unspecified atom stereocenters. The Hall–Kier alpha value is -2.27. The van der Waals surface area contributed by atoms with Crippen molar-refractivity contribution in [3.63, 3.8) is 0 Å². The van der Waals surface area contributed by atoms with E-state index in [2.05, 4.69) is 42.2 Å². The maximum atomic E-state index is 5.57. The number of hydrogen-bond acceptors (Lipinski definition) is 4. The summed E-state index contributed by atoms with van der Waals surface area (Å²) in [6.07, 6.45) is 1.68. The lowest BCUT2D eigenvalue weighted by Crippen LogP contribution is -2.05. The highest BCUT2D eigenvalue weighted by Crippen LogP contribution is 2.23. The molecule has 1 aromatic carbocycles. The van der Waals surface area contributed by atoms with E-state index in [1.54, 1.807) is 0 Å². The number of benzene rings is 1. The molecule has 0 atom stereocenters. The van der Waals surface area contributed by atoms with Gasteiger partial charge in [-0.3, -0.25) is 0 Å². The zero-order valence-corrected chi connectivity index (χ0v) is 12.4. The van der Waals surface area contributed by atoms with Gasteiger partial charge in [0.25, 0.3) is 0 Å². The van der Waals surface area contributed by atoms with E-state index < -0.39 is 0 Å². The van der Waals surface area contributed by atoms with Gasteiger partial charge in [0, 0.05) is 12.0 Å². The van der Waals surface area contributed by atoms with Crippen LogP contribution in [0.15, 0.2) is 30.3 Å². The Bertz CT molecular complexity index is 775. The zero-order valence-electron chi connectivity index (χ0n) is 12.4. The van der Waals surface area contributed by atoms with Crippen molar-refractivity contribution in [2.45, 2.75) is 26.7 Å².